The van der Waals surface area contributed by atoms with Gasteiger partial charge in [-0.2, -0.15) is 0 Å². The fourth-order valence-electron chi connectivity index (χ4n) is 4.93. The SMILES string of the molecule is Cc1nnc([C@@]23COC[C@@H]2CN(C(=O)c2cccn2C2CCCC2)C3)o1. The second-order valence-electron chi connectivity index (χ2n) is 7.92. The molecule has 2 aromatic rings. The smallest absolute Gasteiger partial charge is 0.270 e. The average Bonchev–Trinajstić information content (AvgIpc) is 3.38. The van der Waals surface area contributed by atoms with Crippen molar-refractivity contribution in [3.05, 3.63) is 35.8 Å². The minimum atomic E-state index is -0.359. The molecule has 138 valence electrons. The van der Waals surface area contributed by atoms with Crippen molar-refractivity contribution in [2.75, 3.05) is 26.3 Å². The van der Waals surface area contributed by atoms with E-state index in [1.165, 1.54) is 12.8 Å². The summed E-state index contributed by atoms with van der Waals surface area (Å²) in [6.07, 6.45) is 6.88. The maximum atomic E-state index is 13.3. The topological polar surface area (TPSA) is 73.4 Å². The van der Waals surface area contributed by atoms with E-state index in [9.17, 15) is 4.79 Å². The van der Waals surface area contributed by atoms with Crippen LogP contribution < -0.4 is 0 Å². The first-order chi connectivity index (χ1) is 12.7. The Kier molecular flexibility index (Phi) is 3.67. The van der Waals surface area contributed by atoms with E-state index in [0.29, 0.717) is 44.1 Å². The van der Waals surface area contributed by atoms with Gasteiger partial charge in [0.05, 0.1) is 18.6 Å². The monoisotopic (exact) mass is 356 g/mol. The summed E-state index contributed by atoms with van der Waals surface area (Å²) < 4.78 is 13.7. The zero-order valence-electron chi connectivity index (χ0n) is 15.1. The van der Waals surface area contributed by atoms with Crippen LogP contribution in [0.3, 0.4) is 0 Å². The van der Waals surface area contributed by atoms with Gasteiger partial charge in [-0.05, 0) is 25.0 Å². The molecular formula is C19H24N4O3. The highest BCUT2D eigenvalue weighted by atomic mass is 16.5. The number of carbonyl (C=O) groups excluding carboxylic acids is 1. The second-order valence-corrected chi connectivity index (χ2v) is 7.92. The molecule has 5 rings (SSSR count). The van der Waals surface area contributed by atoms with E-state index >= 15 is 0 Å². The third-order valence-corrected chi connectivity index (χ3v) is 6.33. The molecule has 0 aromatic carbocycles. The fraction of sp³-hybridized carbons (Fsp3) is 0.632. The van der Waals surface area contributed by atoms with Gasteiger partial charge in [-0.15, -0.1) is 10.2 Å². The Morgan fingerprint density at radius 3 is 2.92 bits per heavy atom. The van der Waals surface area contributed by atoms with Crippen LogP contribution in [0.1, 0.15) is 54.0 Å². The van der Waals surface area contributed by atoms with E-state index in [-0.39, 0.29) is 17.2 Å². The molecule has 2 atom stereocenters. The maximum absolute atomic E-state index is 13.3. The zero-order valence-corrected chi connectivity index (χ0v) is 15.1. The third-order valence-electron chi connectivity index (χ3n) is 6.33. The molecule has 0 radical (unpaired) electrons. The number of aryl methyl sites for hydroxylation is 1. The van der Waals surface area contributed by atoms with Crippen LogP contribution in [-0.2, 0) is 10.2 Å². The summed E-state index contributed by atoms with van der Waals surface area (Å²) in [5.41, 5.74) is 0.441. The molecule has 4 heterocycles. The minimum absolute atomic E-state index is 0.104. The molecule has 0 spiro atoms. The van der Waals surface area contributed by atoms with Gasteiger partial charge >= 0.3 is 0 Å². The molecule has 7 nitrogen and oxygen atoms in total. The van der Waals surface area contributed by atoms with Crippen LogP contribution in [0.25, 0.3) is 0 Å². The van der Waals surface area contributed by atoms with E-state index in [2.05, 4.69) is 21.0 Å². The van der Waals surface area contributed by atoms with Gasteiger partial charge in [-0.25, -0.2) is 0 Å². The zero-order chi connectivity index (χ0) is 17.7. The molecule has 3 fully saturated rings. The van der Waals surface area contributed by atoms with Crippen molar-refractivity contribution in [1.29, 1.82) is 0 Å². The molecular weight excluding hydrogens is 332 g/mol. The molecule has 2 aliphatic heterocycles. The first-order valence-corrected chi connectivity index (χ1v) is 9.52. The highest BCUT2D eigenvalue weighted by Crippen LogP contribution is 2.43. The highest BCUT2D eigenvalue weighted by molar-refractivity contribution is 5.93. The summed E-state index contributed by atoms with van der Waals surface area (Å²) in [6.45, 7) is 4.22. The molecule has 2 aromatic heterocycles. The molecule has 7 heteroatoms. The summed E-state index contributed by atoms with van der Waals surface area (Å²) in [7, 11) is 0. The molecule has 1 aliphatic carbocycles. The van der Waals surface area contributed by atoms with Crippen LogP contribution in [0.4, 0.5) is 0 Å². The molecule has 0 unspecified atom stereocenters. The van der Waals surface area contributed by atoms with Crippen LogP contribution in [0.5, 0.6) is 0 Å². The Morgan fingerprint density at radius 1 is 1.31 bits per heavy atom. The van der Waals surface area contributed by atoms with E-state index in [1.54, 1.807) is 6.92 Å². The minimum Gasteiger partial charge on any atom is -0.425 e. The summed E-state index contributed by atoms with van der Waals surface area (Å²) >= 11 is 0. The Hall–Kier alpha value is -2.15. The number of hydrogen-bond acceptors (Lipinski definition) is 5. The normalized spacial score (nSPS) is 28.8. The highest BCUT2D eigenvalue weighted by Gasteiger charge is 2.56. The number of hydrogen-bond donors (Lipinski definition) is 0. The number of aromatic nitrogens is 3. The molecule has 1 amide bonds. The Bertz CT molecular complexity index is 822. The molecule has 0 N–H and O–H groups in total. The number of nitrogens with zero attached hydrogens (tertiary/aromatic N) is 4. The standard InChI is InChI=1S/C19H24N4O3/c1-13-20-21-18(26-13)19-11-22(9-14(19)10-25-12-19)17(24)16-7-4-8-23(16)15-5-2-3-6-15/h4,7-8,14-15H,2-3,5-6,9-12H2,1H3/t14-,19-/m0/s1. The number of ether oxygens (including phenoxy) is 1. The molecule has 2 saturated heterocycles. The van der Waals surface area contributed by atoms with Gasteiger partial charge in [0.15, 0.2) is 0 Å². The molecule has 1 saturated carbocycles. The quantitative estimate of drug-likeness (QED) is 0.844. The lowest BCUT2D eigenvalue weighted by Gasteiger charge is -2.24. The van der Waals surface area contributed by atoms with Gasteiger partial charge in [0, 0.05) is 38.2 Å². The van der Waals surface area contributed by atoms with Gasteiger partial charge in [0.1, 0.15) is 5.69 Å². The van der Waals surface area contributed by atoms with Crippen molar-refractivity contribution in [1.82, 2.24) is 19.7 Å². The van der Waals surface area contributed by atoms with E-state index in [1.807, 2.05) is 17.0 Å². The van der Waals surface area contributed by atoms with Crippen LogP contribution in [0, 0.1) is 12.8 Å². The second kappa shape index (κ2) is 5.94. The van der Waals surface area contributed by atoms with Crippen LogP contribution in [0.15, 0.2) is 22.7 Å². The predicted molar refractivity (Wildman–Crippen MR) is 92.9 cm³/mol. The number of fused-ring (bicyclic) bond motifs is 1. The van der Waals surface area contributed by atoms with Gasteiger partial charge in [0.25, 0.3) is 5.91 Å². The largest absolute Gasteiger partial charge is 0.425 e. The molecule has 0 bridgehead atoms. The predicted octanol–water partition coefficient (Wildman–Crippen LogP) is 2.33. The lowest BCUT2D eigenvalue weighted by molar-refractivity contribution is 0.0725. The first-order valence-electron chi connectivity index (χ1n) is 9.52. The van der Waals surface area contributed by atoms with E-state index in [4.69, 9.17) is 9.15 Å². The van der Waals surface area contributed by atoms with E-state index < -0.39 is 0 Å². The maximum Gasteiger partial charge on any atom is 0.270 e. The molecule has 26 heavy (non-hydrogen) atoms. The van der Waals surface area contributed by atoms with Crippen molar-refractivity contribution < 1.29 is 13.9 Å². The van der Waals surface area contributed by atoms with Gasteiger partial charge in [0.2, 0.25) is 11.8 Å². The van der Waals surface area contributed by atoms with Crippen LogP contribution in [-0.4, -0.2) is 51.9 Å². The average molecular weight is 356 g/mol. The fourth-order valence-corrected chi connectivity index (χ4v) is 4.93. The lowest BCUT2D eigenvalue weighted by Crippen LogP contribution is -2.38. The van der Waals surface area contributed by atoms with Gasteiger partial charge in [-0.1, -0.05) is 12.8 Å². The van der Waals surface area contributed by atoms with Crippen LogP contribution in [0.2, 0.25) is 0 Å². The Morgan fingerprint density at radius 2 is 2.15 bits per heavy atom. The van der Waals surface area contributed by atoms with Gasteiger partial charge in [-0.3, -0.25) is 4.79 Å². The summed E-state index contributed by atoms with van der Waals surface area (Å²) in [6, 6.07) is 4.40. The third kappa shape index (κ3) is 2.33. The van der Waals surface area contributed by atoms with E-state index in [0.717, 1.165) is 18.5 Å². The van der Waals surface area contributed by atoms with Crippen molar-refractivity contribution in [2.45, 2.75) is 44.1 Å². The molecule has 3 aliphatic rings. The number of amides is 1. The lowest BCUT2D eigenvalue weighted by atomic mass is 9.81. The summed E-state index contributed by atoms with van der Waals surface area (Å²) in [4.78, 5) is 15.2. The van der Waals surface area contributed by atoms with Crippen molar-refractivity contribution in [2.24, 2.45) is 5.92 Å². The van der Waals surface area contributed by atoms with Gasteiger partial charge < -0.3 is 18.6 Å². The Balaban J connectivity index is 1.42. The number of rotatable bonds is 3. The number of carbonyl (C=O) groups is 1. The van der Waals surface area contributed by atoms with Crippen molar-refractivity contribution in [3.63, 3.8) is 0 Å². The summed E-state index contributed by atoms with van der Waals surface area (Å²) in [5, 5.41) is 8.25. The number of likely N-dealkylation sites (tertiary alicyclic amines) is 1. The van der Waals surface area contributed by atoms with Crippen LogP contribution >= 0.6 is 0 Å². The van der Waals surface area contributed by atoms with Crippen molar-refractivity contribution in [3.8, 4) is 0 Å². The Labute approximate surface area is 152 Å². The van der Waals surface area contributed by atoms with Crippen molar-refractivity contribution >= 4 is 5.91 Å². The first kappa shape index (κ1) is 16.1. The summed E-state index contributed by atoms with van der Waals surface area (Å²) in [5.74, 6) is 1.48.